The van der Waals surface area contributed by atoms with Crippen LogP contribution in [-0.4, -0.2) is 5.97 Å². The second-order valence-electron chi connectivity index (χ2n) is 4.89. The molecule has 0 spiro atoms. The highest BCUT2D eigenvalue weighted by Crippen LogP contribution is 2.15. The Bertz CT molecular complexity index is 520. The summed E-state index contributed by atoms with van der Waals surface area (Å²) in [5, 5.41) is 0. The molecule has 2 nitrogen and oxygen atoms in total. The largest absolute Gasteiger partial charge is 0.461 e. The van der Waals surface area contributed by atoms with Gasteiger partial charge in [-0.15, -0.1) is 0 Å². The summed E-state index contributed by atoms with van der Waals surface area (Å²) in [6.45, 7) is 2.38. The monoisotopic (exact) mass is 268 g/mol. The van der Waals surface area contributed by atoms with Gasteiger partial charge in [-0.1, -0.05) is 67.6 Å². The summed E-state index contributed by atoms with van der Waals surface area (Å²) in [5.74, 6) is -0.179. The third-order valence-electron chi connectivity index (χ3n) is 3.37. The Labute approximate surface area is 120 Å². The normalized spacial score (nSPS) is 11.8. The van der Waals surface area contributed by atoms with Crippen molar-refractivity contribution in [2.24, 2.45) is 5.92 Å². The molecule has 0 heterocycles. The minimum absolute atomic E-state index is 0.0684. The van der Waals surface area contributed by atoms with Crippen LogP contribution in [0.2, 0.25) is 0 Å². The Hall–Kier alpha value is -2.09. The van der Waals surface area contributed by atoms with Gasteiger partial charge in [0.15, 0.2) is 0 Å². The number of hydrogen-bond donors (Lipinski definition) is 0. The summed E-state index contributed by atoms with van der Waals surface area (Å²) in [7, 11) is 0. The lowest BCUT2D eigenvalue weighted by Crippen LogP contribution is -2.19. The molecule has 0 bridgehead atoms. The molecule has 2 heteroatoms. The predicted molar refractivity (Wildman–Crippen MR) is 80.2 cm³/mol. The second-order valence-corrected chi connectivity index (χ2v) is 4.89. The van der Waals surface area contributed by atoms with Crippen molar-refractivity contribution >= 4 is 5.97 Å². The van der Waals surface area contributed by atoms with Crippen molar-refractivity contribution in [2.75, 3.05) is 0 Å². The molecular formula is C18H20O2. The first-order valence-corrected chi connectivity index (χ1v) is 7.04. The van der Waals surface area contributed by atoms with Gasteiger partial charge in [0.2, 0.25) is 0 Å². The van der Waals surface area contributed by atoms with E-state index in [2.05, 4.69) is 0 Å². The fourth-order valence-corrected chi connectivity index (χ4v) is 2.14. The van der Waals surface area contributed by atoms with E-state index in [-0.39, 0.29) is 11.9 Å². The maximum absolute atomic E-state index is 12.1. The van der Waals surface area contributed by atoms with Gasteiger partial charge in [-0.2, -0.15) is 0 Å². The van der Waals surface area contributed by atoms with Crippen molar-refractivity contribution in [3.05, 3.63) is 71.8 Å². The zero-order valence-corrected chi connectivity index (χ0v) is 11.8. The lowest BCUT2D eigenvalue weighted by Gasteiger charge is -2.14. The Morgan fingerprint density at radius 3 is 2.05 bits per heavy atom. The van der Waals surface area contributed by atoms with Gasteiger partial charge >= 0.3 is 5.97 Å². The molecule has 0 saturated carbocycles. The Balaban J connectivity index is 1.89. The van der Waals surface area contributed by atoms with Crippen LogP contribution in [0.5, 0.6) is 0 Å². The van der Waals surface area contributed by atoms with Gasteiger partial charge in [0.1, 0.15) is 6.61 Å². The van der Waals surface area contributed by atoms with Gasteiger partial charge in [-0.25, -0.2) is 0 Å². The van der Waals surface area contributed by atoms with Gasteiger partial charge in [-0.3, -0.25) is 4.79 Å². The molecule has 2 aromatic rings. The van der Waals surface area contributed by atoms with E-state index in [1.165, 1.54) is 5.56 Å². The van der Waals surface area contributed by atoms with Crippen LogP contribution in [0.15, 0.2) is 60.7 Å². The zero-order chi connectivity index (χ0) is 14.2. The van der Waals surface area contributed by atoms with E-state index >= 15 is 0 Å². The van der Waals surface area contributed by atoms with Crippen molar-refractivity contribution in [2.45, 2.75) is 26.4 Å². The van der Waals surface area contributed by atoms with E-state index in [9.17, 15) is 4.79 Å². The average molecular weight is 268 g/mol. The first-order chi connectivity index (χ1) is 9.79. The number of benzene rings is 2. The highest BCUT2D eigenvalue weighted by Gasteiger charge is 2.18. The van der Waals surface area contributed by atoms with Crippen LogP contribution < -0.4 is 0 Å². The van der Waals surface area contributed by atoms with E-state index in [1.807, 2.05) is 67.6 Å². The standard InChI is InChI=1S/C18H20O2/c1-2-17(13-15-9-5-3-6-10-15)18(19)20-14-16-11-7-4-8-12-16/h3-12,17H,2,13-14H2,1H3/t17-/m0/s1. The molecule has 2 aromatic carbocycles. The molecule has 1 atom stereocenters. The second kappa shape index (κ2) is 7.49. The highest BCUT2D eigenvalue weighted by molar-refractivity contribution is 5.72. The lowest BCUT2D eigenvalue weighted by molar-refractivity contribution is -0.150. The third kappa shape index (κ3) is 4.23. The molecule has 0 aromatic heterocycles. The molecule has 0 aliphatic heterocycles. The summed E-state index contributed by atoms with van der Waals surface area (Å²) < 4.78 is 5.41. The Morgan fingerprint density at radius 2 is 1.50 bits per heavy atom. The van der Waals surface area contributed by atoms with Crippen molar-refractivity contribution in [3.8, 4) is 0 Å². The Kier molecular flexibility index (Phi) is 5.36. The van der Waals surface area contributed by atoms with E-state index in [1.54, 1.807) is 0 Å². The summed E-state index contributed by atoms with van der Waals surface area (Å²) >= 11 is 0. The topological polar surface area (TPSA) is 26.3 Å². The molecule has 0 saturated heterocycles. The molecule has 104 valence electrons. The molecule has 0 amide bonds. The number of hydrogen-bond acceptors (Lipinski definition) is 2. The number of carbonyl (C=O) groups is 1. The minimum Gasteiger partial charge on any atom is -0.461 e. The van der Waals surface area contributed by atoms with Gasteiger partial charge in [-0.05, 0) is 24.0 Å². The van der Waals surface area contributed by atoms with Crippen molar-refractivity contribution in [1.82, 2.24) is 0 Å². The maximum atomic E-state index is 12.1. The average Bonchev–Trinajstić information content (AvgIpc) is 2.52. The summed E-state index contributed by atoms with van der Waals surface area (Å²) in [6.07, 6.45) is 1.54. The fraction of sp³-hybridized carbons (Fsp3) is 0.278. The van der Waals surface area contributed by atoms with Crippen molar-refractivity contribution < 1.29 is 9.53 Å². The molecule has 20 heavy (non-hydrogen) atoms. The lowest BCUT2D eigenvalue weighted by atomic mass is 9.97. The fourth-order valence-electron chi connectivity index (χ4n) is 2.14. The molecule has 0 unspecified atom stereocenters. The summed E-state index contributed by atoms with van der Waals surface area (Å²) in [6, 6.07) is 19.9. The highest BCUT2D eigenvalue weighted by atomic mass is 16.5. The van der Waals surface area contributed by atoms with Gasteiger partial charge in [0.05, 0.1) is 5.92 Å². The predicted octanol–water partition coefficient (Wildman–Crippen LogP) is 4.00. The molecule has 0 aliphatic rings. The number of carbonyl (C=O) groups excluding carboxylic acids is 1. The number of rotatable bonds is 6. The molecule has 2 rings (SSSR count). The summed E-state index contributed by atoms with van der Waals surface area (Å²) in [4.78, 5) is 12.1. The SMILES string of the molecule is CC[C@@H](Cc1ccccc1)C(=O)OCc1ccccc1. The minimum atomic E-state index is -0.111. The van der Waals surface area contributed by atoms with Crippen LogP contribution in [0, 0.1) is 5.92 Å². The molecule has 0 aliphatic carbocycles. The van der Waals surface area contributed by atoms with Crippen molar-refractivity contribution in [1.29, 1.82) is 0 Å². The number of esters is 1. The van der Waals surface area contributed by atoms with E-state index in [0.717, 1.165) is 18.4 Å². The number of ether oxygens (including phenoxy) is 1. The van der Waals surface area contributed by atoms with Gasteiger partial charge < -0.3 is 4.74 Å². The van der Waals surface area contributed by atoms with Crippen LogP contribution in [0.4, 0.5) is 0 Å². The van der Waals surface area contributed by atoms with Crippen LogP contribution in [0.1, 0.15) is 24.5 Å². The summed E-state index contributed by atoms with van der Waals surface area (Å²) in [5.41, 5.74) is 2.20. The maximum Gasteiger partial charge on any atom is 0.309 e. The molecule has 0 N–H and O–H groups in total. The van der Waals surface area contributed by atoms with Crippen LogP contribution in [-0.2, 0) is 22.6 Å². The van der Waals surface area contributed by atoms with E-state index < -0.39 is 0 Å². The van der Waals surface area contributed by atoms with Crippen LogP contribution >= 0.6 is 0 Å². The van der Waals surface area contributed by atoms with E-state index in [4.69, 9.17) is 4.74 Å². The van der Waals surface area contributed by atoms with Crippen LogP contribution in [0.25, 0.3) is 0 Å². The zero-order valence-electron chi connectivity index (χ0n) is 11.8. The Morgan fingerprint density at radius 1 is 0.950 bits per heavy atom. The van der Waals surface area contributed by atoms with Gasteiger partial charge in [0.25, 0.3) is 0 Å². The van der Waals surface area contributed by atoms with E-state index in [0.29, 0.717) is 6.61 Å². The first kappa shape index (κ1) is 14.3. The first-order valence-electron chi connectivity index (χ1n) is 7.04. The van der Waals surface area contributed by atoms with Crippen LogP contribution in [0.3, 0.4) is 0 Å². The smallest absolute Gasteiger partial charge is 0.309 e. The quantitative estimate of drug-likeness (QED) is 0.740. The molecular weight excluding hydrogens is 248 g/mol. The molecule has 0 fully saturated rings. The van der Waals surface area contributed by atoms with Crippen molar-refractivity contribution in [3.63, 3.8) is 0 Å². The van der Waals surface area contributed by atoms with Gasteiger partial charge in [0, 0.05) is 0 Å². The third-order valence-corrected chi connectivity index (χ3v) is 3.37. The molecule has 0 radical (unpaired) electrons.